The molecule has 21 heavy (non-hydrogen) atoms. The Bertz CT molecular complexity index is 433. The van der Waals surface area contributed by atoms with E-state index >= 15 is 0 Å². The number of hydrogen-bond donors (Lipinski definition) is 1. The maximum absolute atomic E-state index is 4.65. The van der Waals surface area contributed by atoms with E-state index in [2.05, 4.69) is 49.8 Å². The maximum Gasteiger partial charge on any atom is 0.185 e. The van der Waals surface area contributed by atoms with E-state index in [0.717, 1.165) is 25.6 Å². The first-order valence-electron chi connectivity index (χ1n) is 8.29. The number of aromatic nitrogens is 1. The molecule has 1 aliphatic heterocycles. The molecule has 1 fully saturated rings. The second kappa shape index (κ2) is 7.10. The fourth-order valence-electron chi connectivity index (χ4n) is 2.98. The monoisotopic (exact) mass is 309 g/mol. The molecular formula is C17H31N3S. The average molecular weight is 310 g/mol. The predicted molar refractivity (Wildman–Crippen MR) is 93.1 cm³/mol. The highest BCUT2D eigenvalue weighted by Gasteiger charge is 2.27. The van der Waals surface area contributed by atoms with Crippen molar-refractivity contribution in [2.24, 2.45) is 11.3 Å². The molecule has 4 heteroatoms. The molecule has 1 aromatic heterocycles. The van der Waals surface area contributed by atoms with Gasteiger partial charge < -0.3 is 10.2 Å². The summed E-state index contributed by atoms with van der Waals surface area (Å²) in [6.45, 7) is 14.8. The van der Waals surface area contributed by atoms with Crippen LogP contribution in [-0.4, -0.2) is 24.1 Å². The number of hydrogen-bond acceptors (Lipinski definition) is 4. The van der Waals surface area contributed by atoms with Gasteiger partial charge in [-0.1, -0.05) is 34.6 Å². The van der Waals surface area contributed by atoms with Gasteiger partial charge >= 0.3 is 0 Å². The molecule has 0 saturated carbocycles. The summed E-state index contributed by atoms with van der Waals surface area (Å²) >= 11 is 1.85. The maximum atomic E-state index is 4.65. The first-order chi connectivity index (χ1) is 9.86. The lowest BCUT2D eigenvalue weighted by molar-refractivity contribution is 0.220. The van der Waals surface area contributed by atoms with Gasteiger partial charge in [0.05, 0.1) is 0 Å². The highest BCUT2D eigenvalue weighted by atomic mass is 32.1. The zero-order chi connectivity index (χ0) is 15.5. The Morgan fingerprint density at radius 1 is 1.33 bits per heavy atom. The van der Waals surface area contributed by atoms with Gasteiger partial charge in [-0.15, -0.1) is 11.3 Å². The van der Waals surface area contributed by atoms with Crippen molar-refractivity contribution in [2.45, 2.75) is 66.5 Å². The van der Waals surface area contributed by atoms with E-state index in [9.17, 15) is 0 Å². The summed E-state index contributed by atoms with van der Waals surface area (Å²) in [6.07, 6.45) is 5.98. The van der Waals surface area contributed by atoms with Crippen molar-refractivity contribution >= 4 is 16.5 Å². The summed E-state index contributed by atoms with van der Waals surface area (Å²) in [6, 6.07) is 0.529. The molecular weight excluding hydrogens is 278 g/mol. The molecule has 2 rings (SSSR count). The molecule has 3 nitrogen and oxygen atoms in total. The normalized spacial score (nSPS) is 20.9. The molecule has 1 atom stereocenters. The van der Waals surface area contributed by atoms with Crippen LogP contribution in [0.2, 0.25) is 0 Å². The Labute approximate surface area is 134 Å². The number of nitrogens with one attached hydrogen (secondary N) is 1. The van der Waals surface area contributed by atoms with Crippen molar-refractivity contribution in [3.05, 3.63) is 11.1 Å². The number of anilines is 1. The molecule has 120 valence electrons. The SMILES string of the molecule is CC(C)NCc1cnc(N2CCCC(C(C)(C)C)CC2)s1. The minimum absolute atomic E-state index is 0.436. The molecule has 1 saturated heterocycles. The van der Waals surface area contributed by atoms with Crippen LogP contribution in [0.5, 0.6) is 0 Å². The van der Waals surface area contributed by atoms with Gasteiger partial charge in [0.25, 0.3) is 0 Å². The van der Waals surface area contributed by atoms with E-state index in [0.29, 0.717) is 11.5 Å². The van der Waals surface area contributed by atoms with Crippen molar-refractivity contribution in [3.63, 3.8) is 0 Å². The van der Waals surface area contributed by atoms with E-state index in [-0.39, 0.29) is 0 Å². The standard InChI is InChI=1S/C17H31N3S/c1-13(2)18-11-15-12-19-16(21-15)20-9-6-7-14(8-10-20)17(3,4)5/h12-14,18H,6-11H2,1-5H3. The minimum atomic E-state index is 0.436. The van der Waals surface area contributed by atoms with Crippen LogP contribution < -0.4 is 10.2 Å². The zero-order valence-electron chi connectivity index (χ0n) is 14.3. The Balaban J connectivity index is 1.93. The first kappa shape index (κ1) is 16.8. The second-order valence-electron chi connectivity index (χ2n) is 7.63. The molecule has 1 aliphatic rings. The van der Waals surface area contributed by atoms with Gasteiger partial charge in [-0.05, 0) is 30.6 Å². The van der Waals surface area contributed by atoms with Gasteiger partial charge in [0.2, 0.25) is 0 Å². The van der Waals surface area contributed by atoms with Gasteiger partial charge in [0, 0.05) is 36.8 Å². The highest BCUT2D eigenvalue weighted by molar-refractivity contribution is 7.15. The molecule has 2 heterocycles. The van der Waals surface area contributed by atoms with E-state index in [1.54, 1.807) is 0 Å². The van der Waals surface area contributed by atoms with E-state index in [1.165, 1.54) is 29.3 Å². The fourth-order valence-corrected chi connectivity index (χ4v) is 3.90. The third kappa shape index (κ3) is 4.96. The largest absolute Gasteiger partial charge is 0.348 e. The van der Waals surface area contributed by atoms with Gasteiger partial charge in [-0.25, -0.2) is 4.98 Å². The van der Waals surface area contributed by atoms with Crippen molar-refractivity contribution in [3.8, 4) is 0 Å². The summed E-state index contributed by atoms with van der Waals surface area (Å²) in [4.78, 5) is 8.49. The Kier molecular flexibility index (Phi) is 5.67. The molecule has 0 amide bonds. The van der Waals surface area contributed by atoms with Crippen LogP contribution in [0.3, 0.4) is 0 Å². The van der Waals surface area contributed by atoms with Gasteiger partial charge in [0.15, 0.2) is 5.13 Å². The number of thiazole rings is 1. The van der Waals surface area contributed by atoms with Crippen LogP contribution >= 0.6 is 11.3 Å². The first-order valence-corrected chi connectivity index (χ1v) is 9.11. The molecule has 0 radical (unpaired) electrons. The molecule has 1 N–H and O–H groups in total. The van der Waals surface area contributed by atoms with E-state index < -0.39 is 0 Å². The predicted octanol–water partition coefficient (Wildman–Crippen LogP) is 4.29. The summed E-state index contributed by atoms with van der Waals surface area (Å²) in [5.41, 5.74) is 0.436. The van der Waals surface area contributed by atoms with Gasteiger partial charge in [0.1, 0.15) is 0 Å². The summed E-state index contributed by atoms with van der Waals surface area (Å²) in [7, 11) is 0. The van der Waals surface area contributed by atoms with Gasteiger partial charge in [-0.2, -0.15) is 0 Å². The smallest absolute Gasteiger partial charge is 0.185 e. The Morgan fingerprint density at radius 2 is 2.10 bits per heavy atom. The number of nitrogens with zero attached hydrogens (tertiary/aromatic N) is 2. The summed E-state index contributed by atoms with van der Waals surface area (Å²) in [5.74, 6) is 0.838. The number of rotatable bonds is 4. The quantitative estimate of drug-likeness (QED) is 0.899. The van der Waals surface area contributed by atoms with Crippen LogP contribution in [-0.2, 0) is 6.54 Å². The topological polar surface area (TPSA) is 28.2 Å². The summed E-state index contributed by atoms with van der Waals surface area (Å²) < 4.78 is 0. The van der Waals surface area contributed by atoms with E-state index in [1.807, 2.05) is 17.5 Å². The molecule has 0 bridgehead atoms. The lowest BCUT2D eigenvalue weighted by atomic mass is 9.77. The van der Waals surface area contributed by atoms with Crippen LogP contribution in [0.1, 0.15) is 58.8 Å². The highest BCUT2D eigenvalue weighted by Crippen LogP contribution is 2.35. The lowest BCUT2D eigenvalue weighted by Crippen LogP contribution is -2.25. The van der Waals surface area contributed by atoms with Crippen LogP contribution in [0.15, 0.2) is 6.20 Å². The van der Waals surface area contributed by atoms with Crippen LogP contribution in [0.4, 0.5) is 5.13 Å². The van der Waals surface area contributed by atoms with Gasteiger partial charge in [-0.3, -0.25) is 0 Å². The lowest BCUT2D eigenvalue weighted by Gasteiger charge is -2.29. The minimum Gasteiger partial charge on any atom is -0.348 e. The van der Waals surface area contributed by atoms with Crippen molar-refractivity contribution in [1.29, 1.82) is 0 Å². The van der Waals surface area contributed by atoms with Crippen molar-refractivity contribution in [2.75, 3.05) is 18.0 Å². The fraction of sp³-hybridized carbons (Fsp3) is 0.824. The third-order valence-corrected chi connectivity index (χ3v) is 5.51. The molecule has 1 unspecified atom stereocenters. The molecule has 0 aliphatic carbocycles. The second-order valence-corrected chi connectivity index (χ2v) is 8.72. The van der Waals surface area contributed by atoms with E-state index in [4.69, 9.17) is 0 Å². The molecule has 0 spiro atoms. The van der Waals surface area contributed by atoms with Crippen molar-refractivity contribution < 1.29 is 0 Å². The third-order valence-electron chi connectivity index (χ3n) is 4.45. The Morgan fingerprint density at radius 3 is 2.76 bits per heavy atom. The average Bonchev–Trinajstić information content (AvgIpc) is 2.70. The van der Waals surface area contributed by atoms with Crippen LogP contribution in [0.25, 0.3) is 0 Å². The molecule has 1 aromatic rings. The zero-order valence-corrected chi connectivity index (χ0v) is 15.1. The summed E-state index contributed by atoms with van der Waals surface area (Å²) in [5, 5.41) is 4.68. The molecule has 0 aromatic carbocycles. The van der Waals surface area contributed by atoms with Crippen molar-refractivity contribution in [1.82, 2.24) is 10.3 Å². The van der Waals surface area contributed by atoms with Crippen LogP contribution in [0, 0.1) is 11.3 Å². The Hall–Kier alpha value is -0.610.